The number of hydrogen-bond acceptors (Lipinski definition) is 5. The molecule has 2 N–H and O–H groups in total. The lowest BCUT2D eigenvalue weighted by Gasteiger charge is -2.32. The summed E-state index contributed by atoms with van der Waals surface area (Å²) in [5, 5.41) is 0. The summed E-state index contributed by atoms with van der Waals surface area (Å²) in [6.07, 6.45) is 7.75. The largest absolute Gasteiger partial charge is 0.340 e. The lowest BCUT2D eigenvalue weighted by molar-refractivity contribution is 0.419. The summed E-state index contributed by atoms with van der Waals surface area (Å²) in [7, 11) is 0. The Kier molecular flexibility index (Phi) is 3.87. The summed E-state index contributed by atoms with van der Waals surface area (Å²) < 4.78 is 0. The van der Waals surface area contributed by atoms with E-state index in [9.17, 15) is 0 Å². The van der Waals surface area contributed by atoms with E-state index in [-0.39, 0.29) is 0 Å². The highest BCUT2D eigenvalue weighted by Gasteiger charge is 2.20. The smallest absolute Gasteiger partial charge is 0.225 e. The minimum atomic E-state index is 0.553. The van der Waals surface area contributed by atoms with Crippen LogP contribution in [0.2, 0.25) is 0 Å². The van der Waals surface area contributed by atoms with Crippen molar-refractivity contribution in [1.29, 1.82) is 0 Å². The van der Waals surface area contributed by atoms with Gasteiger partial charge in [0.2, 0.25) is 5.95 Å². The van der Waals surface area contributed by atoms with Gasteiger partial charge in [-0.05, 0) is 43.5 Å². The van der Waals surface area contributed by atoms with E-state index in [0.29, 0.717) is 5.92 Å². The third-order valence-electron chi connectivity index (χ3n) is 3.75. The summed E-state index contributed by atoms with van der Waals surface area (Å²) in [4.78, 5) is 15.4. The van der Waals surface area contributed by atoms with Crippen LogP contribution in [0.25, 0.3) is 11.3 Å². The second-order valence-electron chi connectivity index (χ2n) is 5.17. The Morgan fingerprint density at radius 3 is 2.85 bits per heavy atom. The van der Waals surface area contributed by atoms with E-state index in [2.05, 4.69) is 19.9 Å². The number of nitrogens with two attached hydrogens (primary N) is 1. The summed E-state index contributed by atoms with van der Waals surface area (Å²) in [6.45, 7) is 2.70. The second kappa shape index (κ2) is 5.96. The molecule has 0 spiro atoms. The normalized spacial score (nSPS) is 19.1. The first-order valence-electron chi connectivity index (χ1n) is 7.05. The van der Waals surface area contributed by atoms with Crippen molar-refractivity contribution >= 4 is 5.95 Å². The van der Waals surface area contributed by atoms with Crippen LogP contribution in [0, 0.1) is 5.92 Å². The maximum atomic E-state index is 5.79. The molecule has 1 fully saturated rings. The lowest BCUT2D eigenvalue weighted by atomic mass is 9.99. The van der Waals surface area contributed by atoms with Crippen molar-refractivity contribution < 1.29 is 0 Å². The predicted molar refractivity (Wildman–Crippen MR) is 79.3 cm³/mol. The van der Waals surface area contributed by atoms with Gasteiger partial charge in [0.1, 0.15) is 0 Å². The summed E-state index contributed by atoms with van der Waals surface area (Å²) in [6, 6.07) is 5.86. The molecule has 20 heavy (non-hydrogen) atoms. The predicted octanol–water partition coefficient (Wildman–Crippen LogP) is 1.71. The van der Waals surface area contributed by atoms with Crippen molar-refractivity contribution in [1.82, 2.24) is 15.0 Å². The summed E-state index contributed by atoms with van der Waals surface area (Å²) in [5.74, 6) is 1.36. The Labute approximate surface area is 118 Å². The highest BCUT2D eigenvalue weighted by molar-refractivity contribution is 5.59. The maximum Gasteiger partial charge on any atom is 0.225 e. The molecule has 1 saturated heterocycles. The van der Waals surface area contributed by atoms with Crippen LogP contribution in [-0.4, -0.2) is 34.6 Å². The van der Waals surface area contributed by atoms with E-state index < -0.39 is 0 Å². The average Bonchev–Trinajstić information content (AvgIpc) is 2.56. The molecule has 1 unspecified atom stereocenters. The molecule has 0 bridgehead atoms. The second-order valence-corrected chi connectivity index (χ2v) is 5.17. The van der Waals surface area contributed by atoms with Gasteiger partial charge in [0, 0.05) is 37.2 Å². The highest BCUT2D eigenvalue weighted by Crippen LogP contribution is 2.22. The molecule has 2 aromatic heterocycles. The fourth-order valence-corrected chi connectivity index (χ4v) is 2.62. The van der Waals surface area contributed by atoms with Crippen LogP contribution in [0.5, 0.6) is 0 Å². The molecular formula is C15H19N5. The first-order chi connectivity index (χ1) is 9.86. The SMILES string of the molecule is NCC1CCCN(c2nccc(-c3ccncc3)n2)C1. The number of hydrogen-bond donors (Lipinski definition) is 1. The number of rotatable bonds is 3. The van der Waals surface area contributed by atoms with Crippen LogP contribution in [-0.2, 0) is 0 Å². The van der Waals surface area contributed by atoms with Gasteiger partial charge >= 0.3 is 0 Å². The molecule has 0 aromatic carbocycles. The van der Waals surface area contributed by atoms with Crippen LogP contribution in [0.3, 0.4) is 0 Å². The zero-order valence-corrected chi connectivity index (χ0v) is 11.4. The molecule has 5 nitrogen and oxygen atoms in total. The molecule has 0 aliphatic carbocycles. The maximum absolute atomic E-state index is 5.79. The van der Waals surface area contributed by atoms with Crippen LogP contribution in [0.1, 0.15) is 12.8 Å². The molecule has 3 rings (SSSR count). The molecule has 5 heteroatoms. The van der Waals surface area contributed by atoms with E-state index >= 15 is 0 Å². The van der Waals surface area contributed by atoms with E-state index in [1.165, 1.54) is 6.42 Å². The molecule has 104 valence electrons. The standard InChI is InChI=1S/C15H19N5/c16-10-12-2-1-9-20(11-12)15-18-8-5-14(19-15)13-3-6-17-7-4-13/h3-8,12H,1-2,9-11,16H2. The van der Waals surface area contributed by atoms with Gasteiger partial charge in [0.25, 0.3) is 0 Å². The molecule has 3 heterocycles. The van der Waals surface area contributed by atoms with E-state index in [1.807, 2.05) is 24.4 Å². The topological polar surface area (TPSA) is 67.9 Å². The van der Waals surface area contributed by atoms with Gasteiger partial charge < -0.3 is 10.6 Å². The Bertz CT molecular complexity index is 557. The Morgan fingerprint density at radius 2 is 2.05 bits per heavy atom. The average molecular weight is 269 g/mol. The van der Waals surface area contributed by atoms with Gasteiger partial charge in [-0.15, -0.1) is 0 Å². The van der Waals surface area contributed by atoms with Gasteiger partial charge in [-0.1, -0.05) is 0 Å². The van der Waals surface area contributed by atoms with Crippen LogP contribution < -0.4 is 10.6 Å². The Hall–Kier alpha value is -2.01. The fourth-order valence-electron chi connectivity index (χ4n) is 2.62. The zero-order chi connectivity index (χ0) is 13.8. The minimum Gasteiger partial charge on any atom is -0.340 e. The van der Waals surface area contributed by atoms with Gasteiger partial charge in [-0.3, -0.25) is 4.98 Å². The van der Waals surface area contributed by atoms with Crippen LogP contribution in [0.15, 0.2) is 36.8 Å². The quantitative estimate of drug-likeness (QED) is 0.918. The van der Waals surface area contributed by atoms with Crippen molar-refractivity contribution in [3.05, 3.63) is 36.8 Å². The van der Waals surface area contributed by atoms with Gasteiger partial charge in [-0.2, -0.15) is 0 Å². The van der Waals surface area contributed by atoms with E-state index in [4.69, 9.17) is 5.73 Å². The lowest BCUT2D eigenvalue weighted by Crippen LogP contribution is -2.39. The first-order valence-corrected chi connectivity index (χ1v) is 7.05. The summed E-state index contributed by atoms with van der Waals surface area (Å²) in [5.41, 5.74) is 7.79. The number of pyridine rings is 1. The fraction of sp³-hybridized carbons (Fsp3) is 0.400. The number of nitrogens with zero attached hydrogens (tertiary/aromatic N) is 4. The summed E-state index contributed by atoms with van der Waals surface area (Å²) >= 11 is 0. The van der Waals surface area contributed by atoms with Crippen molar-refractivity contribution in [3.63, 3.8) is 0 Å². The molecule has 2 aromatic rings. The zero-order valence-electron chi connectivity index (χ0n) is 11.4. The third kappa shape index (κ3) is 2.77. The Morgan fingerprint density at radius 1 is 1.20 bits per heavy atom. The number of aromatic nitrogens is 3. The first kappa shape index (κ1) is 13.0. The van der Waals surface area contributed by atoms with E-state index in [0.717, 1.165) is 43.3 Å². The molecular weight excluding hydrogens is 250 g/mol. The molecule has 1 aliphatic heterocycles. The molecule has 0 amide bonds. The van der Waals surface area contributed by atoms with Crippen molar-refractivity contribution in [2.45, 2.75) is 12.8 Å². The van der Waals surface area contributed by atoms with Gasteiger partial charge in [-0.25, -0.2) is 9.97 Å². The van der Waals surface area contributed by atoms with Crippen molar-refractivity contribution in [2.75, 3.05) is 24.5 Å². The van der Waals surface area contributed by atoms with Gasteiger partial charge in [0.15, 0.2) is 0 Å². The molecule has 1 aliphatic rings. The van der Waals surface area contributed by atoms with E-state index in [1.54, 1.807) is 12.4 Å². The third-order valence-corrected chi connectivity index (χ3v) is 3.75. The van der Waals surface area contributed by atoms with Crippen molar-refractivity contribution in [2.24, 2.45) is 11.7 Å². The minimum absolute atomic E-state index is 0.553. The van der Waals surface area contributed by atoms with Gasteiger partial charge in [0.05, 0.1) is 5.69 Å². The van der Waals surface area contributed by atoms with Crippen molar-refractivity contribution in [3.8, 4) is 11.3 Å². The number of anilines is 1. The number of piperidine rings is 1. The van der Waals surface area contributed by atoms with Crippen LogP contribution in [0.4, 0.5) is 5.95 Å². The highest BCUT2D eigenvalue weighted by atomic mass is 15.3. The monoisotopic (exact) mass is 269 g/mol. The van der Waals surface area contributed by atoms with Crippen LogP contribution >= 0.6 is 0 Å². The molecule has 0 saturated carbocycles. The molecule has 0 radical (unpaired) electrons. The molecule has 1 atom stereocenters. The Balaban J connectivity index is 1.84.